The minimum atomic E-state index is 0.870. The molecule has 5 nitrogen and oxygen atoms in total. The van der Waals surface area contributed by atoms with E-state index < -0.39 is 0 Å². The third kappa shape index (κ3) is 2.23. The molecule has 0 amide bonds. The fourth-order valence-electron chi connectivity index (χ4n) is 4.15. The average Bonchev–Trinajstić information content (AvgIpc) is 3.15. The normalized spacial score (nSPS) is 17.2. The molecule has 0 aromatic carbocycles. The Bertz CT molecular complexity index is 927. The van der Waals surface area contributed by atoms with E-state index in [-0.39, 0.29) is 0 Å². The fourth-order valence-corrected chi connectivity index (χ4v) is 4.15. The molecular formula is C19H21N5. The minimum Gasteiger partial charge on any atom is -0.293 e. The van der Waals surface area contributed by atoms with E-state index in [4.69, 9.17) is 10.1 Å². The maximum Gasteiger partial charge on any atom is 0.159 e. The zero-order valence-electron chi connectivity index (χ0n) is 14.0. The van der Waals surface area contributed by atoms with Gasteiger partial charge in [0.2, 0.25) is 0 Å². The van der Waals surface area contributed by atoms with Crippen LogP contribution >= 0.6 is 0 Å². The second kappa shape index (κ2) is 5.38. The van der Waals surface area contributed by atoms with Gasteiger partial charge in [0.05, 0.1) is 11.4 Å². The summed E-state index contributed by atoms with van der Waals surface area (Å²) in [6.07, 6.45) is 6.43. The number of rotatable bonds is 2. The molecule has 3 aromatic rings. The molecule has 0 bridgehead atoms. The van der Waals surface area contributed by atoms with Crippen LogP contribution in [0.1, 0.15) is 34.6 Å². The van der Waals surface area contributed by atoms with Crippen LogP contribution in [0.2, 0.25) is 0 Å². The van der Waals surface area contributed by atoms with Crippen molar-refractivity contribution < 1.29 is 0 Å². The van der Waals surface area contributed by atoms with Crippen molar-refractivity contribution in [3.63, 3.8) is 0 Å². The molecule has 0 spiro atoms. The first-order valence-corrected chi connectivity index (χ1v) is 8.77. The molecule has 1 aliphatic heterocycles. The Kier molecular flexibility index (Phi) is 3.16. The Morgan fingerprint density at radius 2 is 2.12 bits per heavy atom. The summed E-state index contributed by atoms with van der Waals surface area (Å²) in [5.41, 5.74) is 7.66. The quantitative estimate of drug-likeness (QED) is 0.728. The summed E-state index contributed by atoms with van der Waals surface area (Å²) in [4.78, 5) is 11.7. The predicted molar refractivity (Wildman–Crippen MR) is 92.6 cm³/mol. The second-order valence-corrected chi connectivity index (χ2v) is 6.95. The van der Waals surface area contributed by atoms with Crippen LogP contribution in [0.4, 0.5) is 0 Å². The SMILES string of the molecule is Cn1nc2c(c1CN1CCc3nc4ncccc4cc3C1)CCC2. The lowest BCUT2D eigenvalue weighted by molar-refractivity contribution is 0.236. The highest BCUT2D eigenvalue weighted by Crippen LogP contribution is 2.27. The number of nitrogens with zero attached hydrogens (tertiary/aromatic N) is 5. The van der Waals surface area contributed by atoms with Gasteiger partial charge < -0.3 is 0 Å². The Morgan fingerprint density at radius 1 is 1.17 bits per heavy atom. The standard InChI is InChI=1S/C19H21N5/c1-23-18(15-5-2-6-17(15)22-23)12-24-9-7-16-14(11-24)10-13-4-3-8-20-19(13)21-16/h3-4,8,10H,2,5-7,9,11-12H2,1H3. The molecule has 5 heteroatoms. The van der Waals surface area contributed by atoms with Gasteiger partial charge in [0.15, 0.2) is 5.65 Å². The van der Waals surface area contributed by atoms with Crippen molar-refractivity contribution in [3.05, 3.63) is 52.6 Å². The van der Waals surface area contributed by atoms with E-state index in [1.165, 1.54) is 41.1 Å². The van der Waals surface area contributed by atoms with Crippen LogP contribution < -0.4 is 0 Å². The van der Waals surface area contributed by atoms with Gasteiger partial charge in [-0.25, -0.2) is 9.97 Å². The van der Waals surface area contributed by atoms with Gasteiger partial charge in [-0.05, 0) is 48.6 Å². The van der Waals surface area contributed by atoms with E-state index in [9.17, 15) is 0 Å². The lowest BCUT2D eigenvalue weighted by Gasteiger charge is -2.28. The fraction of sp³-hybridized carbons (Fsp3) is 0.421. The lowest BCUT2D eigenvalue weighted by atomic mass is 10.0. The van der Waals surface area contributed by atoms with Gasteiger partial charge in [0, 0.05) is 50.4 Å². The highest BCUT2D eigenvalue weighted by molar-refractivity contribution is 5.75. The molecule has 0 unspecified atom stereocenters. The molecule has 0 N–H and O–H groups in total. The zero-order chi connectivity index (χ0) is 16.1. The first-order chi connectivity index (χ1) is 11.8. The van der Waals surface area contributed by atoms with Crippen molar-refractivity contribution >= 4 is 11.0 Å². The van der Waals surface area contributed by atoms with Crippen LogP contribution in [-0.2, 0) is 39.4 Å². The molecule has 5 rings (SSSR count). The van der Waals surface area contributed by atoms with Crippen LogP contribution in [-0.4, -0.2) is 31.2 Å². The summed E-state index contributed by atoms with van der Waals surface area (Å²) in [6.45, 7) is 3.01. The van der Waals surface area contributed by atoms with Gasteiger partial charge in [0.25, 0.3) is 0 Å². The van der Waals surface area contributed by atoms with E-state index in [0.717, 1.165) is 43.5 Å². The first-order valence-electron chi connectivity index (χ1n) is 8.77. The third-order valence-corrected chi connectivity index (χ3v) is 5.39. The summed E-state index contributed by atoms with van der Waals surface area (Å²) in [5.74, 6) is 0. The van der Waals surface area contributed by atoms with Crippen LogP contribution in [0.5, 0.6) is 0 Å². The van der Waals surface area contributed by atoms with E-state index >= 15 is 0 Å². The molecule has 3 aromatic heterocycles. The van der Waals surface area contributed by atoms with Crippen molar-refractivity contribution in [2.75, 3.05) is 6.54 Å². The Labute approximate surface area is 141 Å². The van der Waals surface area contributed by atoms with Crippen molar-refractivity contribution in [1.82, 2.24) is 24.6 Å². The van der Waals surface area contributed by atoms with Crippen molar-refractivity contribution in [2.45, 2.75) is 38.8 Å². The summed E-state index contributed by atoms with van der Waals surface area (Å²) in [7, 11) is 2.09. The maximum absolute atomic E-state index is 4.77. The van der Waals surface area contributed by atoms with Gasteiger partial charge in [-0.3, -0.25) is 9.58 Å². The molecule has 0 fully saturated rings. The van der Waals surface area contributed by atoms with Crippen molar-refractivity contribution in [2.24, 2.45) is 7.05 Å². The van der Waals surface area contributed by atoms with Crippen LogP contribution in [0.25, 0.3) is 11.0 Å². The summed E-state index contributed by atoms with van der Waals surface area (Å²) >= 11 is 0. The summed E-state index contributed by atoms with van der Waals surface area (Å²) in [6, 6.07) is 6.35. The number of aryl methyl sites for hydroxylation is 2. The largest absolute Gasteiger partial charge is 0.293 e. The van der Waals surface area contributed by atoms with Gasteiger partial charge in [-0.15, -0.1) is 0 Å². The van der Waals surface area contributed by atoms with Crippen LogP contribution in [0.15, 0.2) is 24.4 Å². The number of aromatic nitrogens is 4. The Morgan fingerprint density at radius 3 is 3.08 bits per heavy atom. The highest BCUT2D eigenvalue weighted by Gasteiger charge is 2.24. The third-order valence-electron chi connectivity index (χ3n) is 5.39. The molecule has 4 heterocycles. The molecule has 0 saturated carbocycles. The maximum atomic E-state index is 4.77. The smallest absolute Gasteiger partial charge is 0.159 e. The average molecular weight is 319 g/mol. The molecule has 0 radical (unpaired) electrons. The van der Waals surface area contributed by atoms with Gasteiger partial charge in [-0.1, -0.05) is 0 Å². The van der Waals surface area contributed by atoms with E-state index in [1.54, 1.807) is 0 Å². The molecule has 1 aliphatic carbocycles. The topological polar surface area (TPSA) is 46.8 Å². The zero-order valence-corrected chi connectivity index (χ0v) is 14.0. The van der Waals surface area contributed by atoms with Crippen molar-refractivity contribution in [1.29, 1.82) is 0 Å². The lowest BCUT2D eigenvalue weighted by Crippen LogP contribution is -2.31. The first kappa shape index (κ1) is 14.1. The molecular weight excluding hydrogens is 298 g/mol. The number of fused-ring (bicyclic) bond motifs is 3. The van der Waals surface area contributed by atoms with E-state index in [0.29, 0.717) is 0 Å². The van der Waals surface area contributed by atoms with Gasteiger partial charge in [0.1, 0.15) is 0 Å². The summed E-state index contributed by atoms with van der Waals surface area (Å²) in [5, 5.41) is 5.85. The van der Waals surface area contributed by atoms with E-state index in [2.05, 4.69) is 33.7 Å². The molecule has 24 heavy (non-hydrogen) atoms. The van der Waals surface area contributed by atoms with Gasteiger partial charge >= 0.3 is 0 Å². The number of pyridine rings is 2. The molecule has 0 atom stereocenters. The summed E-state index contributed by atoms with van der Waals surface area (Å²) < 4.78 is 2.10. The van der Waals surface area contributed by atoms with Crippen LogP contribution in [0.3, 0.4) is 0 Å². The number of hydrogen-bond donors (Lipinski definition) is 0. The Balaban J connectivity index is 1.43. The van der Waals surface area contributed by atoms with Crippen molar-refractivity contribution in [3.8, 4) is 0 Å². The monoisotopic (exact) mass is 319 g/mol. The molecule has 122 valence electrons. The molecule has 2 aliphatic rings. The highest BCUT2D eigenvalue weighted by atomic mass is 15.3. The van der Waals surface area contributed by atoms with Gasteiger partial charge in [-0.2, -0.15) is 5.10 Å². The Hall–Kier alpha value is -2.27. The number of hydrogen-bond acceptors (Lipinski definition) is 4. The van der Waals surface area contributed by atoms with E-state index in [1.807, 2.05) is 12.3 Å². The molecule has 0 saturated heterocycles. The predicted octanol–water partition coefficient (Wildman–Crippen LogP) is 2.41. The second-order valence-electron chi connectivity index (χ2n) is 6.95. The minimum absolute atomic E-state index is 0.870. The van der Waals surface area contributed by atoms with Crippen LogP contribution in [0, 0.1) is 0 Å².